The van der Waals surface area contributed by atoms with Gasteiger partial charge < -0.3 is 0 Å². The smallest absolute Gasteiger partial charge is 0.0171 e. The van der Waals surface area contributed by atoms with Gasteiger partial charge >= 0.3 is 0 Å². The molecule has 1 unspecified atom stereocenters. The Balaban J connectivity index is 2.85. The predicted octanol–water partition coefficient (Wildman–Crippen LogP) is 3.16. The van der Waals surface area contributed by atoms with Gasteiger partial charge in [0.1, 0.15) is 0 Å². The van der Waals surface area contributed by atoms with Crippen LogP contribution in [0.3, 0.4) is 0 Å². The second-order valence-electron chi connectivity index (χ2n) is 3.45. The van der Waals surface area contributed by atoms with E-state index in [-0.39, 0.29) is 0 Å². The molecule has 0 nitrogen and oxygen atoms in total. The Morgan fingerprint density at radius 3 is 2.30 bits per heavy atom. The van der Waals surface area contributed by atoms with Gasteiger partial charge in [-0.3, -0.25) is 0 Å². The van der Waals surface area contributed by atoms with E-state index >= 15 is 0 Å². The van der Waals surface area contributed by atoms with Crippen molar-refractivity contribution in [2.75, 3.05) is 0 Å². The Hall–Kier alpha value is -0.520. The van der Waals surface area contributed by atoms with Crippen LogP contribution in [0.25, 0.3) is 0 Å². The maximum atomic E-state index is 2.34. The maximum absolute atomic E-state index is 2.34. The van der Waals surface area contributed by atoms with E-state index in [0.29, 0.717) is 0 Å². The number of hydrogen-bond donors (Lipinski definition) is 0. The summed E-state index contributed by atoms with van der Waals surface area (Å²) < 4.78 is 0. The third kappa shape index (κ3) is 1.31. The van der Waals surface area contributed by atoms with Gasteiger partial charge in [-0.05, 0) is 25.7 Å². The van der Waals surface area contributed by atoms with Gasteiger partial charge in [0, 0.05) is 0 Å². The van der Waals surface area contributed by atoms with Crippen molar-refractivity contribution in [3.63, 3.8) is 0 Å². The van der Waals surface area contributed by atoms with Gasteiger partial charge in [0.05, 0.1) is 0 Å². The molecule has 0 fully saturated rings. The molecule has 0 spiro atoms. The Labute approximate surface area is 63.6 Å². The molecule has 1 aliphatic rings. The van der Waals surface area contributed by atoms with Crippen LogP contribution in [0.2, 0.25) is 0 Å². The third-order valence-corrected chi connectivity index (χ3v) is 2.49. The quantitative estimate of drug-likeness (QED) is 0.480. The molecular weight excluding hydrogens is 120 g/mol. The number of rotatable bonds is 0. The molecule has 0 saturated carbocycles. The van der Waals surface area contributed by atoms with Crippen LogP contribution in [0.15, 0.2) is 23.3 Å². The molecule has 0 N–H and O–H groups in total. The van der Waals surface area contributed by atoms with Gasteiger partial charge in [0.2, 0.25) is 0 Å². The summed E-state index contributed by atoms with van der Waals surface area (Å²) in [7, 11) is 0. The third-order valence-electron chi connectivity index (χ3n) is 2.49. The minimum atomic E-state index is 0.727. The highest BCUT2D eigenvalue weighted by Gasteiger charge is 2.14. The largest absolute Gasteiger partial charge is 0.0782 e. The fraction of sp³-hybridized carbons (Fsp3) is 0.600. The molecule has 2 atom stereocenters. The van der Waals surface area contributed by atoms with Crippen LogP contribution in [0.1, 0.15) is 27.7 Å². The highest BCUT2D eigenvalue weighted by Crippen LogP contribution is 2.27. The first kappa shape index (κ1) is 7.59. The van der Waals surface area contributed by atoms with E-state index in [2.05, 4.69) is 39.8 Å². The summed E-state index contributed by atoms with van der Waals surface area (Å²) in [4.78, 5) is 0. The molecule has 0 saturated heterocycles. The van der Waals surface area contributed by atoms with Crippen LogP contribution >= 0.6 is 0 Å². The van der Waals surface area contributed by atoms with Crippen LogP contribution in [-0.4, -0.2) is 0 Å². The van der Waals surface area contributed by atoms with Crippen molar-refractivity contribution in [1.82, 2.24) is 0 Å². The second kappa shape index (κ2) is 2.61. The lowest BCUT2D eigenvalue weighted by Crippen LogP contribution is -2.10. The zero-order valence-electron chi connectivity index (χ0n) is 7.31. The maximum Gasteiger partial charge on any atom is -0.0171 e. The lowest BCUT2D eigenvalue weighted by atomic mass is 9.83. The Morgan fingerprint density at radius 2 is 1.80 bits per heavy atom. The van der Waals surface area contributed by atoms with E-state index in [1.54, 1.807) is 0 Å². The summed E-state index contributed by atoms with van der Waals surface area (Å²) in [5.41, 5.74) is 2.94. The standard InChI is InChI=1S/C10H16/c1-7-5-8(2)10(4)9(3)6-7/h5-6,8,10H,1-4H3/t8?,10-/m0/s1. The van der Waals surface area contributed by atoms with E-state index in [9.17, 15) is 0 Å². The van der Waals surface area contributed by atoms with E-state index in [4.69, 9.17) is 0 Å². The molecule has 56 valence electrons. The molecule has 0 aromatic carbocycles. The molecule has 0 heterocycles. The average Bonchev–Trinajstić information content (AvgIpc) is 1.82. The first-order valence-electron chi connectivity index (χ1n) is 3.98. The number of allylic oxidation sites excluding steroid dienone is 4. The van der Waals surface area contributed by atoms with E-state index in [1.807, 2.05) is 0 Å². The molecule has 0 aromatic rings. The summed E-state index contributed by atoms with van der Waals surface area (Å²) in [5.74, 6) is 1.47. The summed E-state index contributed by atoms with van der Waals surface area (Å²) in [6, 6.07) is 0. The van der Waals surface area contributed by atoms with Gasteiger partial charge in [-0.1, -0.05) is 37.1 Å². The van der Waals surface area contributed by atoms with Gasteiger partial charge in [-0.15, -0.1) is 0 Å². The summed E-state index contributed by atoms with van der Waals surface area (Å²) in [6.45, 7) is 8.97. The average molecular weight is 136 g/mol. The Morgan fingerprint density at radius 1 is 1.20 bits per heavy atom. The molecule has 0 aromatic heterocycles. The molecular formula is C10H16. The van der Waals surface area contributed by atoms with Crippen LogP contribution < -0.4 is 0 Å². The topological polar surface area (TPSA) is 0 Å². The van der Waals surface area contributed by atoms with Crippen molar-refractivity contribution >= 4 is 0 Å². The van der Waals surface area contributed by atoms with Crippen molar-refractivity contribution in [3.8, 4) is 0 Å². The van der Waals surface area contributed by atoms with Crippen LogP contribution in [0.4, 0.5) is 0 Å². The van der Waals surface area contributed by atoms with E-state index < -0.39 is 0 Å². The lowest BCUT2D eigenvalue weighted by Gasteiger charge is -2.22. The van der Waals surface area contributed by atoms with Crippen molar-refractivity contribution in [2.45, 2.75) is 27.7 Å². The first-order valence-corrected chi connectivity index (χ1v) is 3.98. The van der Waals surface area contributed by atoms with E-state index in [0.717, 1.165) is 11.8 Å². The Kier molecular flexibility index (Phi) is 1.98. The molecule has 0 heteroatoms. The van der Waals surface area contributed by atoms with Crippen molar-refractivity contribution in [3.05, 3.63) is 23.3 Å². The SMILES string of the molecule is CC1=CC(C)[C@H](C)C(C)=C1. The summed E-state index contributed by atoms with van der Waals surface area (Å²) in [6.07, 6.45) is 4.63. The highest BCUT2D eigenvalue weighted by molar-refractivity contribution is 5.28. The fourth-order valence-corrected chi connectivity index (χ4v) is 1.51. The van der Waals surface area contributed by atoms with Gasteiger partial charge in [0.15, 0.2) is 0 Å². The zero-order chi connectivity index (χ0) is 7.72. The Bertz CT molecular complexity index is 184. The second-order valence-corrected chi connectivity index (χ2v) is 3.45. The van der Waals surface area contributed by atoms with Crippen LogP contribution in [0.5, 0.6) is 0 Å². The molecule has 0 amide bonds. The lowest BCUT2D eigenvalue weighted by molar-refractivity contribution is 0.519. The molecule has 0 radical (unpaired) electrons. The van der Waals surface area contributed by atoms with Crippen LogP contribution in [-0.2, 0) is 0 Å². The van der Waals surface area contributed by atoms with Crippen LogP contribution in [0, 0.1) is 11.8 Å². The molecule has 1 rings (SSSR count). The fourth-order valence-electron chi connectivity index (χ4n) is 1.51. The molecule has 0 bridgehead atoms. The normalized spacial score (nSPS) is 33.2. The van der Waals surface area contributed by atoms with Crippen molar-refractivity contribution in [2.24, 2.45) is 11.8 Å². The minimum Gasteiger partial charge on any atom is -0.0782 e. The molecule has 1 aliphatic carbocycles. The number of hydrogen-bond acceptors (Lipinski definition) is 0. The molecule has 10 heavy (non-hydrogen) atoms. The highest BCUT2D eigenvalue weighted by atomic mass is 14.2. The van der Waals surface area contributed by atoms with Gasteiger partial charge in [0.25, 0.3) is 0 Å². The first-order chi connectivity index (χ1) is 4.61. The minimum absolute atomic E-state index is 0.727. The molecule has 0 aliphatic heterocycles. The van der Waals surface area contributed by atoms with Crippen molar-refractivity contribution in [1.29, 1.82) is 0 Å². The van der Waals surface area contributed by atoms with Gasteiger partial charge in [-0.2, -0.15) is 0 Å². The summed E-state index contributed by atoms with van der Waals surface area (Å²) >= 11 is 0. The summed E-state index contributed by atoms with van der Waals surface area (Å²) in [5, 5.41) is 0. The monoisotopic (exact) mass is 136 g/mol. The van der Waals surface area contributed by atoms with Crippen molar-refractivity contribution < 1.29 is 0 Å². The zero-order valence-corrected chi connectivity index (χ0v) is 7.31. The van der Waals surface area contributed by atoms with Gasteiger partial charge in [-0.25, -0.2) is 0 Å². The van der Waals surface area contributed by atoms with E-state index in [1.165, 1.54) is 11.1 Å². The predicted molar refractivity (Wildman–Crippen MR) is 45.8 cm³/mol.